The van der Waals surface area contributed by atoms with Crippen LogP contribution < -0.4 is 10.6 Å². The molecule has 0 radical (unpaired) electrons. The number of hydrogen-bond acceptors (Lipinski definition) is 5. The molecule has 7 nitrogen and oxygen atoms in total. The summed E-state index contributed by atoms with van der Waals surface area (Å²) < 4.78 is 10.5. The molecule has 2 N–H and O–H groups in total. The van der Waals surface area contributed by atoms with Gasteiger partial charge in [-0.1, -0.05) is 0 Å². The molecule has 1 atom stereocenters. The van der Waals surface area contributed by atoms with Crippen LogP contribution in [0.2, 0.25) is 0 Å². The lowest BCUT2D eigenvalue weighted by molar-refractivity contribution is -0.127. The molecule has 1 aromatic heterocycles. The molecule has 0 unspecified atom stereocenters. The average molecular weight is 295 g/mol. The van der Waals surface area contributed by atoms with Crippen LogP contribution in [0.1, 0.15) is 20.8 Å². The predicted molar refractivity (Wildman–Crippen MR) is 79.1 cm³/mol. The number of amides is 2. The number of aromatic nitrogens is 1. The third-order valence-corrected chi connectivity index (χ3v) is 2.53. The van der Waals surface area contributed by atoms with E-state index in [0.29, 0.717) is 25.5 Å². The standard InChI is InChI=1S/C14H21N3O4/c1-4-20-8-9-21-10(2)14(19)17-13-12(16-11(3)18)6-5-7-15-13/h5-7,10H,4,8-9H2,1-3H3,(H,16,18)(H,15,17,19)/t10-/m0/s1. The van der Waals surface area contributed by atoms with Gasteiger partial charge in [0, 0.05) is 19.7 Å². The number of pyridine rings is 1. The van der Waals surface area contributed by atoms with Gasteiger partial charge in [-0.15, -0.1) is 0 Å². The first-order valence-electron chi connectivity index (χ1n) is 6.77. The number of anilines is 2. The quantitative estimate of drug-likeness (QED) is 0.708. The maximum absolute atomic E-state index is 12.0. The molecule has 116 valence electrons. The lowest BCUT2D eigenvalue weighted by Crippen LogP contribution is -2.29. The molecule has 0 fully saturated rings. The largest absolute Gasteiger partial charge is 0.379 e. The molecule has 2 amide bonds. The minimum atomic E-state index is -0.641. The second-order valence-corrected chi connectivity index (χ2v) is 4.28. The van der Waals surface area contributed by atoms with Gasteiger partial charge < -0.3 is 20.1 Å². The summed E-state index contributed by atoms with van der Waals surface area (Å²) in [7, 11) is 0. The van der Waals surface area contributed by atoms with Crippen LogP contribution in [-0.2, 0) is 19.1 Å². The van der Waals surface area contributed by atoms with Crippen molar-refractivity contribution in [1.29, 1.82) is 0 Å². The molecule has 0 saturated heterocycles. The SMILES string of the molecule is CCOCCO[C@@H](C)C(=O)Nc1ncccc1NC(C)=O. The number of nitrogens with one attached hydrogen (secondary N) is 2. The van der Waals surface area contributed by atoms with Crippen LogP contribution in [0.15, 0.2) is 18.3 Å². The molecule has 7 heteroatoms. The van der Waals surface area contributed by atoms with Crippen LogP contribution >= 0.6 is 0 Å². The Kier molecular flexibility index (Phi) is 7.34. The van der Waals surface area contributed by atoms with Gasteiger partial charge in [-0.2, -0.15) is 0 Å². The van der Waals surface area contributed by atoms with Gasteiger partial charge in [0.15, 0.2) is 5.82 Å². The molecule has 0 aliphatic rings. The Bertz CT molecular complexity index is 479. The molecule has 0 bridgehead atoms. The Hall–Kier alpha value is -1.99. The zero-order valence-corrected chi connectivity index (χ0v) is 12.5. The molecule has 0 saturated carbocycles. The van der Waals surface area contributed by atoms with Crippen LogP contribution in [0.25, 0.3) is 0 Å². The number of carbonyl (C=O) groups is 2. The van der Waals surface area contributed by atoms with Gasteiger partial charge in [-0.3, -0.25) is 9.59 Å². The van der Waals surface area contributed by atoms with E-state index in [0.717, 1.165) is 0 Å². The first kappa shape index (κ1) is 17.1. The average Bonchev–Trinajstić information content (AvgIpc) is 2.45. The summed E-state index contributed by atoms with van der Waals surface area (Å²) in [6.45, 7) is 6.30. The van der Waals surface area contributed by atoms with E-state index in [-0.39, 0.29) is 17.6 Å². The molecule has 1 heterocycles. The third kappa shape index (κ3) is 6.33. The number of carbonyl (C=O) groups excluding carboxylic acids is 2. The van der Waals surface area contributed by atoms with E-state index in [1.165, 1.54) is 13.1 Å². The molecule has 21 heavy (non-hydrogen) atoms. The van der Waals surface area contributed by atoms with Crippen molar-refractivity contribution in [1.82, 2.24) is 4.98 Å². The fraction of sp³-hybridized carbons (Fsp3) is 0.500. The summed E-state index contributed by atoms with van der Waals surface area (Å²) in [4.78, 5) is 27.1. The highest BCUT2D eigenvalue weighted by Gasteiger charge is 2.16. The molecule has 0 aromatic carbocycles. The Morgan fingerprint density at radius 2 is 2.10 bits per heavy atom. The first-order chi connectivity index (χ1) is 10.0. The summed E-state index contributed by atoms with van der Waals surface area (Å²) in [6, 6.07) is 3.33. The van der Waals surface area contributed by atoms with Gasteiger partial charge in [0.05, 0.1) is 18.9 Å². The second-order valence-electron chi connectivity index (χ2n) is 4.28. The van der Waals surface area contributed by atoms with Crippen LogP contribution in [0, 0.1) is 0 Å². The first-order valence-corrected chi connectivity index (χ1v) is 6.77. The predicted octanol–water partition coefficient (Wildman–Crippen LogP) is 1.42. The van der Waals surface area contributed by atoms with Crippen LogP contribution in [-0.4, -0.2) is 42.7 Å². The zero-order chi connectivity index (χ0) is 15.7. The monoisotopic (exact) mass is 295 g/mol. The van der Waals surface area contributed by atoms with Crippen LogP contribution in [0.5, 0.6) is 0 Å². The molecule has 0 aliphatic carbocycles. The van der Waals surface area contributed by atoms with Gasteiger partial charge in [-0.25, -0.2) is 4.98 Å². The zero-order valence-electron chi connectivity index (χ0n) is 12.5. The fourth-order valence-electron chi connectivity index (χ4n) is 1.52. The van der Waals surface area contributed by atoms with Crippen LogP contribution in [0.4, 0.5) is 11.5 Å². The molecular weight excluding hydrogens is 274 g/mol. The van der Waals surface area contributed by atoms with Crippen molar-refractivity contribution >= 4 is 23.3 Å². The smallest absolute Gasteiger partial charge is 0.254 e. The Balaban J connectivity index is 2.55. The van der Waals surface area contributed by atoms with Crippen molar-refractivity contribution in [2.45, 2.75) is 26.9 Å². The maximum Gasteiger partial charge on any atom is 0.254 e. The van der Waals surface area contributed by atoms with Gasteiger partial charge in [0.25, 0.3) is 5.91 Å². The van der Waals surface area contributed by atoms with Gasteiger partial charge in [-0.05, 0) is 26.0 Å². The highest BCUT2D eigenvalue weighted by molar-refractivity contribution is 5.99. The van der Waals surface area contributed by atoms with E-state index in [4.69, 9.17) is 9.47 Å². The van der Waals surface area contributed by atoms with Crippen molar-refractivity contribution in [3.63, 3.8) is 0 Å². The summed E-state index contributed by atoms with van der Waals surface area (Å²) in [6.07, 6.45) is 0.888. The van der Waals surface area contributed by atoms with Crippen molar-refractivity contribution < 1.29 is 19.1 Å². The molecule has 0 spiro atoms. The number of nitrogens with zero attached hydrogens (tertiary/aromatic N) is 1. The number of rotatable bonds is 8. The lowest BCUT2D eigenvalue weighted by Gasteiger charge is -2.14. The van der Waals surface area contributed by atoms with Gasteiger partial charge in [0.2, 0.25) is 5.91 Å². The number of hydrogen-bond donors (Lipinski definition) is 2. The van der Waals surface area contributed by atoms with Crippen LogP contribution in [0.3, 0.4) is 0 Å². The van der Waals surface area contributed by atoms with E-state index in [9.17, 15) is 9.59 Å². The highest BCUT2D eigenvalue weighted by atomic mass is 16.5. The minimum Gasteiger partial charge on any atom is -0.379 e. The fourth-order valence-corrected chi connectivity index (χ4v) is 1.52. The summed E-state index contributed by atoms with van der Waals surface area (Å²) >= 11 is 0. The van der Waals surface area contributed by atoms with Crippen molar-refractivity contribution in [2.75, 3.05) is 30.5 Å². The molecule has 0 aliphatic heterocycles. The van der Waals surface area contributed by atoms with Crippen molar-refractivity contribution in [2.24, 2.45) is 0 Å². The highest BCUT2D eigenvalue weighted by Crippen LogP contribution is 2.18. The maximum atomic E-state index is 12.0. The topological polar surface area (TPSA) is 89.6 Å². The molecule has 1 aromatic rings. The van der Waals surface area contributed by atoms with Crippen molar-refractivity contribution in [3.8, 4) is 0 Å². The summed E-state index contributed by atoms with van der Waals surface area (Å²) in [5.74, 6) is -0.283. The van der Waals surface area contributed by atoms with E-state index in [1.807, 2.05) is 6.92 Å². The van der Waals surface area contributed by atoms with E-state index in [1.54, 1.807) is 19.1 Å². The van der Waals surface area contributed by atoms with E-state index < -0.39 is 6.10 Å². The second kappa shape index (κ2) is 9.04. The Labute approximate surface area is 124 Å². The molecular formula is C14H21N3O4. The minimum absolute atomic E-state index is 0.237. The molecule has 1 rings (SSSR count). The van der Waals surface area contributed by atoms with Crippen molar-refractivity contribution in [3.05, 3.63) is 18.3 Å². The third-order valence-electron chi connectivity index (χ3n) is 2.53. The van der Waals surface area contributed by atoms with E-state index >= 15 is 0 Å². The van der Waals surface area contributed by atoms with Gasteiger partial charge in [0.1, 0.15) is 6.10 Å². The summed E-state index contributed by atoms with van der Waals surface area (Å²) in [5, 5.41) is 5.23. The Morgan fingerprint density at radius 1 is 1.33 bits per heavy atom. The number of ether oxygens (including phenoxy) is 2. The summed E-state index contributed by atoms with van der Waals surface area (Å²) in [5.41, 5.74) is 0.444. The van der Waals surface area contributed by atoms with Gasteiger partial charge >= 0.3 is 0 Å². The lowest BCUT2D eigenvalue weighted by atomic mass is 10.3. The Morgan fingerprint density at radius 3 is 2.76 bits per heavy atom. The normalized spacial score (nSPS) is 11.8. The van der Waals surface area contributed by atoms with E-state index in [2.05, 4.69) is 15.6 Å².